The van der Waals surface area contributed by atoms with Crippen molar-refractivity contribution in [1.82, 2.24) is 0 Å². The Kier molecular flexibility index (Phi) is 5.44. The van der Waals surface area contributed by atoms with E-state index in [-0.39, 0.29) is 0 Å². The predicted molar refractivity (Wildman–Crippen MR) is 80.3 cm³/mol. The molecule has 0 aromatic heterocycles. The Bertz CT molecular complexity index is 436. The number of aryl methyl sites for hydroxylation is 1. The van der Waals surface area contributed by atoms with Gasteiger partial charge in [-0.2, -0.15) is 0 Å². The van der Waals surface area contributed by atoms with Crippen LogP contribution in [-0.4, -0.2) is 36.6 Å². The van der Waals surface area contributed by atoms with E-state index in [0.29, 0.717) is 31.3 Å². The summed E-state index contributed by atoms with van der Waals surface area (Å²) in [4.78, 5) is 0. The Labute approximate surface area is 125 Å². The van der Waals surface area contributed by atoms with Crippen molar-refractivity contribution in [3.05, 3.63) is 34.3 Å². The van der Waals surface area contributed by atoms with E-state index in [0.717, 1.165) is 24.0 Å². The minimum absolute atomic E-state index is 0.499. The first-order chi connectivity index (χ1) is 9.57. The Morgan fingerprint density at radius 1 is 1.40 bits per heavy atom. The predicted octanol–water partition coefficient (Wildman–Crippen LogP) is 3.14. The fraction of sp³-hybridized carbons (Fsp3) is 0.625. The molecule has 112 valence electrons. The molecule has 0 radical (unpaired) electrons. The number of hydrogen-bond donors (Lipinski definition) is 1. The van der Waals surface area contributed by atoms with Crippen LogP contribution in [0.3, 0.4) is 0 Å². The van der Waals surface area contributed by atoms with Crippen LogP contribution in [0.1, 0.15) is 30.9 Å². The molecule has 1 unspecified atom stereocenters. The third-order valence-corrected chi connectivity index (χ3v) is 4.35. The third kappa shape index (κ3) is 3.53. The fourth-order valence-corrected chi connectivity index (χ4v) is 3.10. The molecule has 4 heteroatoms. The Morgan fingerprint density at radius 2 is 2.10 bits per heavy atom. The van der Waals surface area contributed by atoms with Gasteiger partial charge in [0.25, 0.3) is 0 Å². The third-order valence-electron chi connectivity index (χ3n) is 4.00. The van der Waals surface area contributed by atoms with Crippen molar-refractivity contribution in [3.63, 3.8) is 0 Å². The molecule has 2 rings (SSSR count). The van der Waals surface area contributed by atoms with Gasteiger partial charge in [0.2, 0.25) is 0 Å². The summed E-state index contributed by atoms with van der Waals surface area (Å²) in [5.41, 5.74) is 1.59. The quantitative estimate of drug-likeness (QED) is 0.907. The molecule has 20 heavy (non-hydrogen) atoms. The van der Waals surface area contributed by atoms with Gasteiger partial charge in [0.15, 0.2) is 0 Å². The number of ether oxygens (including phenoxy) is 2. The van der Waals surface area contributed by atoms with Crippen LogP contribution in [-0.2, 0) is 15.9 Å². The van der Waals surface area contributed by atoms with Crippen molar-refractivity contribution in [2.75, 3.05) is 19.8 Å². The van der Waals surface area contributed by atoms with E-state index in [4.69, 9.17) is 21.1 Å². The van der Waals surface area contributed by atoms with Crippen LogP contribution in [0.5, 0.6) is 0 Å². The highest BCUT2D eigenvalue weighted by Crippen LogP contribution is 2.32. The van der Waals surface area contributed by atoms with E-state index in [1.54, 1.807) is 0 Å². The summed E-state index contributed by atoms with van der Waals surface area (Å²) in [5.74, 6) is 0. The SMILES string of the molecule is CCOC1(C(O)Cc2ccc(C)cc2Cl)CCOCC1. The summed E-state index contributed by atoms with van der Waals surface area (Å²) in [6.07, 6.45) is 1.40. The molecule has 1 aliphatic rings. The second kappa shape index (κ2) is 6.90. The number of aliphatic hydroxyl groups is 1. The minimum Gasteiger partial charge on any atom is -0.390 e. The lowest BCUT2D eigenvalue weighted by Crippen LogP contribution is -2.50. The number of rotatable bonds is 5. The number of halogens is 1. The summed E-state index contributed by atoms with van der Waals surface area (Å²) in [6, 6.07) is 5.94. The van der Waals surface area contributed by atoms with E-state index in [1.807, 2.05) is 32.0 Å². The first-order valence-corrected chi connectivity index (χ1v) is 7.60. The van der Waals surface area contributed by atoms with Crippen LogP contribution >= 0.6 is 11.6 Å². The zero-order valence-corrected chi connectivity index (χ0v) is 12.9. The number of benzene rings is 1. The normalized spacial score (nSPS) is 19.8. The maximum atomic E-state index is 10.7. The molecule has 0 amide bonds. The summed E-state index contributed by atoms with van der Waals surface area (Å²) in [5, 5.41) is 11.4. The molecule has 1 aromatic carbocycles. The zero-order valence-electron chi connectivity index (χ0n) is 12.2. The Morgan fingerprint density at radius 3 is 2.70 bits per heavy atom. The van der Waals surface area contributed by atoms with Crippen molar-refractivity contribution < 1.29 is 14.6 Å². The molecular weight excluding hydrogens is 276 g/mol. The maximum absolute atomic E-state index is 10.7. The molecule has 0 bridgehead atoms. The number of aliphatic hydroxyl groups excluding tert-OH is 1. The summed E-state index contributed by atoms with van der Waals surface area (Å²) in [7, 11) is 0. The molecule has 0 aliphatic carbocycles. The van der Waals surface area contributed by atoms with Gasteiger partial charge in [0, 0.05) is 44.1 Å². The second-order valence-corrected chi connectivity index (χ2v) is 5.83. The molecule has 1 N–H and O–H groups in total. The van der Waals surface area contributed by atoms with Gasteiger partial charge in [-0.05, 0) is 31.0 Å². The number of hydrogen-bond acceptors (Lipinski definition) is 3. The smallest absolute Gasteiger partial charge is 0.0987 e. The van der Waals surface area contributed by atoms with E-state index >= 15 is 0 Å². The van der Waals surface area contributed by atoms with Gasteiger partial charge in [-0.1, -0.05) is 23.7 Å². The molecule has 0 spiro atoms. The maximum Gasteiger partial charge on any atom is 0.0987 e. The van der Waals surface area contributed by atoms with Gasteiger partial charge in [-0.15, -0.1) is 0 Å². The topological polar surface area (TPSA) is 38.7 Å². The first-order valence-electron chi connectivity index (χ1n) is 7.22. The summed E-state index contributed by atoms with van der Waals surface area (Å²) in [6.45, 7) is 5.84. The molecule has 0 saturated carbocycles. The molecule has 1 aliphatic heterocycles. The molecule has 3 nitrogen and oxygen atoms in total. The van der Waals surface area contributed by atoms with Gasteiger partial charge in [-0.3, -0.25) is 0 Å². The Balaban J connectivity index is 2.13. The largest absolute Gasteiger partial charge is 0.390 e. The van der Waals surface area contributed by atoms with Crippen molar-refractivity contribution in [3.8, 4) is 0 Å². The van der Waals surface area contributed by atoms with E-state index < -0.39 is 11.7 Å². The first kappa shape index (κ1) is 15.8. The minimum atomic E-state index is -0.563. The summed E-state index contributed by atoms with van der Waals surface area (Å²) < 4.78 is 11.3. The van der Waals surface area contributed by atoms with Crippen molar-refractivity contribution >= 4 is 11.6 Å². The van der Waals surface area contributed by atoms with Gasteiger partial charge < -0.3 is 14.6 Å². The molecule has 1 saturated heterocycles. The van der Waals surface area contributed by atoms with Gasteiger partial charge in [-0.25, -0.2) is 0 Å². The Hall–Kier alpha value is -0.610. The van der Waals surface area contributed by atoms with Crippen LogP contribution < -0.4 is 0 Å². The van der Waals surface area contributed by atoms with Crippen molar-refractivity contribution in [2.24, 2.45) is 0 Å². The van der Waals surface area contributed by atoms with E-state index in [1.165, 1.54) is 0 Å². The molecular formula is C16H23ClO3. The molecule has 1 heterocycles. The van der Waals surface area contributed by atoms with E-state index in [2.05, 4.69) is 0 Å². The lowest BCUT2D eigenvalue weighted by atomic mass is 9.84. The summed E-state index contributed by atoms with van der Waals surface area (Å²) >= 11 is 6.26. The standard InChI is InChI=1S/C16H23ClO3/c1-3-20-16(6-8-19-9-7-16)15(18)11-13-5-4-12(2)10-14(13)17/h4-5,10,15,18H,3,6-9,11H2,1-2H3. The highest BCUT2D eigenvalue weighted by molar-refractivity contribution is 6.31. The van der Waals surface area contributed by atoms with Gasteiger partial charge >= 0.3 is 0 Å². The average molecular weight is 299 g/mol. The highest BCUT2D eigenvalue weighted by atomic mass is 35.5. The second-order valence-electron chi connectivity index (χ2n) is 5.42. The van der Waals surface area contributed by atoms with E-state index in [9.17, 15) is 5.11 Å². The van der Waals surface area contributed by atoms with Crippen LogP contribution in [0, 0.1) is 6.92 Å². The van der Waals surface area contributed by atoms with Crippen LogP contribution in [0.15, 0.2) is 18.2 Å². The molecule has 1 aromatic rings. The lowest BCUT2D eigenvalue weighted by molar-refractivity contribution is -0.165. The van der Waals surface area contributed by atoms with Gasteiger partial charge in [0.1, 0.15) is 0 Å². The van der Waals surface area contributed by atoms with Gasteiger partial charge in [0.05, 0.1) is 11.7 Å². The van der Waals surface area contributed by atoms with Crippen LogP contribution in [0.2, 0.25) is 5.02 Å². The molecule has 1 atom stereocenters. The molecule has 1 fully saturated rings. The fourth-order valence-electron chi connectivity index (χ4n) is 2.79. The van der Waals surface area contributed by atoms with Crippen LogP contribution in [0.25, 0.3) is 0 Å². The zero-order chi connectivity index (χ0) is 14.6. The average Bonchev–Trinajstić information content (AvgIpc) is 2.43. The van der Waals surface area contributed by atoms with Crippen molar-refractivity contribution in [1.29, 1.82) is 0 Å². The van der Waals surface area contributed by atoms with Crippen molar-refractivity contribution in [2.45, 2.75) is 44.8 Å². The van der Waals surface area contributed by atoms with Crippen LogP contribution in [0.4, 0.5) is 0 Å². The highest BCUT2D eigenvalue weighted by Gasteiger charge is 2.40. The lowest BCUT2D eigenvalue weighted by Gasteiger charge is -2.40. The monoisotopic (exact) mass is 298 g/mol.